The first kappa shape index (κ1) is 11.7. The van der Waals surface area contributed by atoms with Gasteiger partial charge in [0.1, 0.15) is 5.82 Å². The molecule has 2 unspecified atom stereocenters. The SMILES string of the molecule is Nc1ncc(C(=O)N2CC3CCC(C2)O3)cc1Cl. The van der Waals surface area contributed by atoms with Crippen LogP contribution >= 0.6 is 11.6 Å². The average Bonchev–Trinajstić information content (AvgIpc) is 2.71. The highest BCUT2D eigenvalue weighted by atomic mass is 35.5. The van der Waals surface area contributed by atoms with Crippen molar-refractivity contribution >= 4 is 23.3 Å². The summed E-state index contributed by atoms with van der Waals surface area (Å²) in [5.74, 6) is 0.194. The van der Waals surface area contributed by atoms with Crippen LogP contribution in [0.3, 0.4) is 0 Å². The Bertz CT molecular complexity index is 482. The zero-order valence-electron chi connectivity index (χ0n) is 9.80. The Hall–Kier alpha value is -1.33. The van der Waals surface area contributed by atoms with Crippen LogP contribution in [0.25, 0.3) is 0 Å². The molecule has 0 saturated carbocycles. The monoisotopic (exact) mass is 267 g/mol. The number of nitrogens with two attached hydrogens (primary N) is 1. The highest BCUT2D eigenvalue weighted by Gasteiger charge is 2.36. The number of ether oxygens (including phenoxy) is 1. The van der Waals surface area contributed by atoms with Gasteiger partial charge in [-0.1, -0.05) is 11.6 Å². The van der Waals surface area contributed by atoms with Crippen LogP contribution in [0.5, 0.6) is 0 Å². The van der Waals surface area contributed by atoms with Gasteiger partial charge in [0, 0.05) is 19.3 Å². The highest BCUT2D eigenvalue weighted by molar-refractivity contribution is 6.33. The minimum Gasteiger partial charge on any atom is -0.382 e. The zero-order valence-corrected chi connectivity index (χ0v) is 10.6. The molecule has 3 heterocycles. The van der Waals surface area contributed by atoms with E-state index >= 15 is 0 Å². The molecule has 2 saturated heterocycles. The van der Waals surface area contributed by atoms with Crippen molar-refractivity contribution in [2.45, 2.75) is 25.0 Å². The fraction of sp³-hybridized carbons (Fsp3) is 0.500. The Morgan fingerprint density at radius 2 is 2.11 bits per heavy atom. The number of halogens is 1. The number of nitrogen functional groups attached to an aromatic ring is 1. The summed E-state index contributed by atoms with van der Waals surface area (Å²) >= 11 is 5.88. The second-order valence-corrected chi connectivity index (χ2v) is 5.17. The van der Waals surface area contributed by atoms with Gasteiger partial charge in [-0.2, -0.15) is 0 Å². The first-order chi connectivity index (χ1) is 8.63. The number of carbonyl (C=O) groups excluding carboxylic acids is 1. The third kappa shape index (κ3) is 2.04. The summed E-state index contributed by atoms with van der Waals surface area (Å²) in [7, 11) is 0. The summed E-state index contributed by atoms with van der Waals surface area (Å²) in [4.78, 5) is 18.0. The smallest absolute Gasteiger partial charge is 0.255 e. The largest absolute Gasteiger partial charge is 0.382 e. The molecule has 2 N–H and O–H groups in total. The van der Waals surface area contributed by atoms with Crippen LogP contribution in [0, 0.1) is 0 Å². The predicted molar refractivity (Wildman–Crippen MR) is 67.5 cm³/mol. The lowest BCUT2D eigenvalue weighted by molar-refractivity contribution is -0.0303. The lowest BCUT2D eigenvalue weighted by Crippen LogP contribution is -2.45. The minimum atomic E-state index is -0.0513. The van der Waals surface area contributed by atoms with Crippen LogP contribution < -0.4 is 5.73 Å². The first-order valence-corrected chi connectivity index (χ1v) is 6.37. The molecule has 1 aromatic rings. The van der Waals surface area contributed by atoms with Crippen LogP contribution in [0.1, 0.15) is 23.2 Å². The molecule has 2 bridgehead atoms. The maximum atomic E-state index is 12.3. The number of amides is 1. The molecular formula is C12H14ClN3O2. The van der Waals surface area contributed by atoms with Crippen LogP contribution in [-0.2, 0) is 4.74 Å². The van der Waals surface area contributed by atoms with Gasteiger partial charge in [0.05, 0.1) is 22.8 Å². The number of pyridine rings is 1. The van der Waals surface area contributed by atoms with E-state index in [9.17, 15) is 4.79 Å². The van der Waals surface area contributed by atoms with E-state index in [-0.39, 0.29) is 23.9 Å². The number of hydrogen-bond acceptors (Lipinski definition) is 4. The van der Waals surface area contributed by atoms with Gasteiger partial charge in [0.25, 0.3) is 5.91 Å². The van der Waals surface area contributed by atoms with Crippen LogP contribution in [0.15, 0.2) is 12.3 Å². The molecular weight excluding hydrogens is 254 g/mol. The molecule has 6 heteroatoms. The van der Waals surface area contributed by atoms with Gasteiger partial charge in [0.15, 0.2) is 0 Å². The van der Waals surface area contributed by atoms with Crippen molar-refractivity contribution in [3.05, 3.63) is 22.8 Å². The first-order valence-electron chi connectivity index (χ1n) is 5.99. The number of nitrogens with zero attached hydrogens (tertiary/aromatic N) is 2. The number of likely N-dealkylation sites (tertiary alicyclic amines) is 1. The van der Waals surface area contributed by atoms with Crippen molar-refractivity contribution in [1.29, 1.82) is 0 Å². The maximum Gasteiger partial charge on any atom is 0.255 e. The molecule has 0 aliphatic carbocycles. The molecule has 2 aliphatic rings. The summed E-state index contributed by atoms with van der Waals surface area (Å²) in [5.41, 5.74) is 6.02. The Kier molecular flexibility index (Phi) is 2.87. The molecule has 2 fully saturated rings. The van der Waals surface area contributed by atoms with E-state index in [1.807, 2.05) is 4.90 Å². The molecule has 1 aromatic heterocycles. The van der Waals surface area contributed by atoms with E-state index < -0.39 is 0 Å². The molecule has 2 atom stereocenters. The predicted octanol–water partition coefficient (Wildman–Crippen LogP) is 1.32. The number of anilines is 1. The van der Waals surface area contributed by atoms with Gasteiger partial charge in [0.2, 0.25) is 0 Å². The second kappa shape index (κ2) is 4.40. The highest BCUT2D eigenvalue weighted by Crippen LogP contribution is 2.27. The number of rotatable bonds is 1. The molecule has 1 amide bonds. The molecule has 0 radical (unpaired) electrons. The van der Waals surface area contributed by atoms with Crippen LogP contribution in [-0.4, -0.2) is 41.1 Å². The average molecular weight is 268 g/mol. The van der Waals surface area contributed by atoms with E-state index in [1.165, 1.54) is 6.20 Å². The fourth-order valence-electron chi connectivity index (χ4n) is 2.53. The summed E-state index contributed by atoms with van der Waals surface area (Å²) in [6.07, 6.45) is 3.92. The Morgan fingerprint density at radius 3 is 2.72 bits per heavy atom. The van der Waals surface area contributed by atoms with E-state index in [0.29, 0.717) is 23.7 Å². The topological polar surface area (TPSA) is 68.5 Å². The molecule has 96 valence electrons. The number of aromatic nitrogens is 1. The van der Waals surface area contributed by atoms with Crippen molar-refractivity contribution in [2.75, 3.05) is 18.8 Å². The lowest BCUT2D eigenvalue weighted by atomic mass is 10.2. The van der Waals surface area contributed by atoms with Crippen LogP contribution in [0.4, 0.5) is 5.82 Å². The second-order valence-electron chi connectivity index (χ2n) is 4.76. The van der Waals surface area contributed by atoms with Crippen molar-refractivity contribution in [2.24, 2.45) is 0 Å². The molecule has 0 aromatic carbocycles. The van der Waals surface area contributed by atoms with Crippen molar-refractivity contribution < 1.29 is 9.53 Å². The Balaban J connectivity index is 1.79. The Labute approximate surface area is 110 Å². The van der Waals surface area contributed by atoms with Crippen LogP contribution in [0.2, 0.25) is 5.02 Å². The van der Waals surface area contributed by atoms with Crippen molar-refractivity contribution in [1.82, 2.24) is 9.88 Å². The maximum absolute atomic E-state index is 12.3. The van der Waals surface area contributed by atoms with Gasteiger partial charge in [-0.15, -0.1) is 0 Å². The normalized spacial score (nSPS) is 26.4. The molecule has 3 rings (SSSR count). The third-order valence-corrected chi connectivity index (χ3v) is 3.75. The van der Waals surface area contributed by atoms with E-state index in [1.54, 1.807) is 6.07 Å². The number of fused-ring (bicyclic) bond motifs is 2. The summed E-state index contributed by atoms with van der Waals surface area (Å²) in [6, 6.07) is 1.57. The van der Waals surface area contributed by atoms with Gasteiger partial charge < -0.3 is 15.4 Å². The van der Waals surface area contributed by atoms with E-state index in [4.69, 9.17) is 22.1 Å². The Morgan fingerprint density at radius 1 is 1.44 bits per heavy atom. The van der Waals surface area contributed by atoms with Gasteiger partial charge >= 0.3 is 0 Å². The summed E-state index contributed by atoms with van der Waals surface area (Å²) in [5, 5.41) is 0.317. The summed E-state index contributed by atoms with van der Waals surface area (Å²) in [6.45, 7) is 1.30. The third-order valence-electron chi connectivity index (χ3n) is 3.45. The quantitative estimate of drug-likeness (QED) is 0.833. The number of carbonyl (C=O) groups is 1. The summed E-state index contributed by atoms with van der Waals surface area (Å²) < 4.78 is 5.70. The lowest BCUT2D eigenvalue weighted by Gasteiger charge is -2.32. The van der Waals surface area contributed by atoms with E-state index in [0.717, 1.165) is 12.8 Å². The standard InChI is InChI=1S/C12H14ClN3O2/c13-10-3-7(4-15-11(10)14)12(17)16-5-8-1-2-9(6-16)18-8/h3-4,8-9H,1-2,5-6H2,(H2,14,15). The zero-order chi connectivity index (χ0) is 12.7. The molecule has 2 aliphatic heterocycles. The van der Waals surface area contributed by atoms with Crippen molar-refractivity contribution in [3.63, 3.8) is 0 Å². The fourth-order valence-corrected chi connectivity index (χ4v) is 2.70. The van der Waals surface area contributed by atoms with Gasteiger partial charge in [-0.3, -0.25) is 4.79 Å². The molecule has 0 spiro atoms. The van der Waals surface area contributed by atoms with E-state index in [2.05, 4.69) is 4.98 Å². The molecule has 18 heavy (non-hydrogen) atoms. The van der Waals surface area contributed by atoms with Gasteiger partial charge in [-0.05, 0) is 18.9 Å². The van der Waals surface area contributed by atoms with Crippen molar-refractivity contribution in [3.8, 4) is 0 Å². The number of hydrogen-bond donors (Lipinski definition) is 1. The molecule has 5 nitrogen and oxygen atoms in total. The van der Waals surface area contributed by atoms with Gasteiger partial charge in [-0.25, -0.2) is 4.98 Å². The minimum absolute atomic E-state index is 0.0513. The number of morpholine rings is 1.